The molecule has 60 heavy (non-hydrogen) atoms. The molecule has 1 aliphatic heterocycles. The van der Waals surface area contributed by atoms with Gasteiger partial charge in [-0.3, -0.25) is 14.4 Å². The van der Waals surface area contributed by atoms with Crippen LogP contribution in [0.2, 0.25) is 0 Å². The van der Waals surface area contributed by atoms with Crippen LogP contribution in [-0.4, -0.2) is 67.2 Å². The molecule has 0 radical (unpaired) electrons. The monoisotopic (exact) mass is 869 g/mol. The fourth-order valence-electron chi connectivity index (χ4n) is 8.00. The van der Waals surface area contributed by atoms with E-state index in [9.17, 15) is 14.4 Å². The van der Waals surface area contributed by atoms with E-state index in [0.717, 1.165) is 178 Å². The summed E-state index contributed by atoms with van der Waals surface area (Å²) in [6.07, 6.45) is 35.0. The van der Waals surface area contributed by atoms with Gasteiger partial charge >= 0.3 is 17.9 Å². The molecule has 1 unspecified atom stereocenters. The highest BCUT2D eigenvalue weighted by Crippen LogP contribution is 2.25. The molecule has 0 aromatic rings. The first-order valence-electron chi connectivity index (χ1n) is 25.8. The lowest BCUT2D eigenvalue weighted by atomic mass is 10.0. The summed E-state index contributed by atoms with van der Waals surface area (Å²) in [6, 6.07) is 0. The average Bonchev–Trinajstić information content (AvgIpc) is 3.76. The average molecular weight is 869 g/mol. The zero-order valence-corrected chi connectivity index (χ0v) is 40.7. The summed E-state index contributed by atoms with van der Waals surface area (Å²) in [6.45, 7) is 12.2. The van der Waals surface area contributed by atoms with Crippen LogP contribution < -0.4 is 0 Å². The fraction of sp³-hybridized carbons (Fsp3) is 0.941. The van der Waals surface area contributed by atoms with Crippen molar-refractivity contribution >= 4 is 29.7 Å². The van der Waals surface area contributed by atoms with E-state index in [0.29, 0.717) is 32.5 Å². The molecule has 0 bridgehead atoms. The maximum Gasteiger partial charge on any atom is 0.310 e. The van der Waals surface area contributed by atoms with Gasteiger partial charge in [0, 0.05) is 25.0 Å². The number of ether oxygens (including phenoxy) is 5. The summed E-state index contributed by atoms with van der Waals surface area (Å²) in [5, 5.41) is 0. The lowest BCUT2D eigenvalue weighted by molar-refractivity contribution is -0.157. The van der Waals surface area contributed by atoms with Crippen molar-refractivity contribution in [3.8, 4) is 0 Å². The predicted molar refractivity (Wildman–Crippen MR) is 251 cm³/mol. The van der Waals surface area contributed by atoms with E-state index in [2.05, 4.69) is 34.6 Å². The zero-order chi connectivity index (χ0) is 43.7. The number of esters is 3. The Hall–Kier alpha value is -1.32. The number of hydrogen-bond acceptors (Lipinski definition) is 9. The number of carbonyl (C=O) groups excluding carboxylic acids is 3. The molecule has 354 valence electrons. The first-order valence-corrected chi connectivity index (χ1v) is 26.9. The van der Waals surface area contributed by atoms with Crippen molar-refractivity contribution in [3.63, 3.8) is 0 Å². The van der Waals surface area contributed by atoms with Crippen molar-refractivity contribution in [2.24, 2.45) is 5.92 Å². The van der Waals surface area contributed by atoms with E-state index < -0.39 is 0 Å². The van der Waals surface area contributed by atoms with Gasteiger partial charge in [-0.2, -0.15) is 11.8 Å². The predicted octanol–water partition coefficient (Wildman–Crippen LogP) is 14.8. The van der Waals surface area contributed by atoms with Crippen LogP contribution in [0, 0.1) is 5.92 Å². The van der Waals surface area contributed by atoms with Gasteiger partial charge in [0.2, 0.25) is 0 Å². The lowest BCUT2D eigenvalue weighted by Crippen LogP contribution is -2.29. The highest BCUT2D eigenvalue weighted by atomic mass is 32.2. The van der Waals surface area contributed by atoms with Crippen LogP contribution in [0.4, 0.5) is 0 Å². The molecule has 0 aromatic heterocycles. The highest BCUT2D eigenvalue weighted by molar-refractivity contribution is 7.99. The Labute approximate surface area is 374 Å². The third-order valence-electron chi connectivity index (χ3n) is 11.9. The van der Waals surface area contributed by atoms with Gasteiger partial charge in [0.05, 0.1) is 19.1 Å². The van der Waals surface area contributed by atoms with Crippen LogP contribution in [0.1, 0.15) is 253 Å². The fourth-order valence-corrected chi connectivity index (χ4v) is 9.13. The number of rotatable bonds is 44. The third-order valence-corrected chi connectivity index (χ3v) is 13.1. The van der Waals surface area contributed by atoms with E-state index in [1.165, 1.54) is 32.1 Å². The van der Waals surface area contributed by atoms with E-state index >= 15 is 0 Å². The molecule has 1 saturated heterocycles. The molecule has 0 saturated carbocycles. The van der Waals surface area contributed by atoms with Crippen molar-refractivity contribution in [2.45, 2.75) is 278 Å². The van der Waals surface area contributed by atoms with Crippen molar-refractivity contribution in [1.82, 2.24) is 0 Å². The maximum absolute atomic E-state index is 13.8. The van der Waals surface area contributed by atoms with Gasteiger partial charge in [-0.05, 0) is 76.4 Å². The van der Waals surface area contributed by atoms with Gasteiger partial charge in [-0.15, -0.1) is 0 Å². The summed E-state index contributed by atoms with van der Waals surface area (Å²) in [5.41, 5.74) is 0. The SMILES string of the molecule is CCCCCCCSCC(CC1OCCO1)C(=O)OC(CCCCCCCCC(=O)OC(CCCC)CCCC)CCCCCCCCC(=O)OC(CCCC)CCCC. The van der Waals surface area contributed by atoms with Gasteiger partial charge in [0.15, 0.2) is 6.29 Å². The minimum absolute atomic E-state index is 0.0275. The first-order chi connectivity index (χ1) is 29.4. The summed E-state index contributed by atoms with van der Waals surface area (Å²) in [5.74, 6) is 1.45. The molecule has 0 amide bonds. The zero-order valence-electron chi connectivity index (χ0n) is 39.9. The van der Waals surface area contributed by atoms with Crippen LogP contribution in [0.15, 0.2) is 0 Å². The van der Waals surface area contributed by atoms with Crippen LogP contribution in [0.5, 0.6) is 0 Å². The Balaban J connectivity index is 2.58. The summed E-state index contributed by atoms with van der Waals surface area (Å²) < 4.78 is 29.6. The highest BCUT2D eigenvalue weighted by Gasteiger charge is 2.29. The topological polar surface area (TPSA) is 97.4 Å². The normalized spacial score (nSPS) is 13.8. The summed E-state index contributed by atoms with van der Waals surface area (Å²) in [7, 11) is 0. The number of thioether (sulfide) groups is 1. The first kappa shape index (κ1) is 56.7. The second kappa shape index (κ2) is 41.7. The van der Waals surface area contributed by atoms with Gasteiger partial charge < -0.3 is 23.7 Å². The molecule has 1 fully saturated rings. The van der Waals surface area contributed by atoms with E-state index in [1.807, 2.05) is 11.8 Å². The van der Waals surface area contributed by atoms with E-state index in [4.69, 9.17) is 23.7 Å². The molecule has 0 N–H and O–H groups in total. The van der Waals surface area contributed by atoms with Crippen molar-refractivity contribution < 1.29 is 38.1 Å². The second-order valence-electron chi connectivity index (χ2n) is 17.8. The Kier molecular flexibility index (Phi) is 39.4. The van der Waals surface area contributed by atoms with Gasteiger partial charge in [-0.1, -0.05) is 163 Å². The lowest BCUT2D eigenvalue weighted by Gasteiger charge is -2.23. The van der Waals surface area contributed by atoms with E-state index in [-0.39, 0.29) is 48.4 Å². The van der Waals surface area contributed by atoms with Crippen LogP contribution in [0.3, 0.4) is 0 Å². The molecular weight excluding hydrogens is 773 g/mol. The largest absolute Gasteiger partial charge is 0.462 e. The molecular formula is C51H96O8S. The Morgan fingerprint density at radius 2 is 0.833 bits per heavy atom. The molecule has 8 nitrogen and oxygen atoms in total. The number of hydrogen-bond donors (Lipinski definition) is 0. The van der Waals surface area contributed by atoms with Crippen LogP contribution in [-0.2, 0) is 38.1 Å². The second-order valence-corrected chi connectivity index (χ2v) is 18.9. The number of unbranched alkanes of at least 4 members (excludes halogenated alkanes) is 18. The summed E-state index contributed by atoms with van der Waals surface area (Å²) in [4.78, 5) is 38.9. The van der Waals surface area contributed by atoms with Crippen LogP contribution >= 0.6 is 11.8 Å². The molecule has 0 aliphatic carbocycles. The molecule has 0 aromatic carbocycles. The van der Waals surface area contributed by atoms with Crippen molar-refractivity contribution in [2.75, 3.05) is 24.7 Å². The van der Waals surface area contributed by atoms with Crippen molar-refractivity contribution in [1.29, 1.82) is 0 Å². The molecule has 1 rings (SSSR count). The Morgan fingerprint density at radius 3 is 1.28 bits per heavy atom. The Bertz CT molecular complexity index is 922. The quantitative estimate of drug-likeness (QED) is 0.0337. The standard InChI is InChI=1S/C51H96O8S/c1-6-11-16-25-30-41-60-43-44(42-50-55-39-40-56-50)51(54)59-47(35-26-21-17-19-23-28-37-48(52)57-45(31-12-7-2)32-13-8-3)36-27-22-18-20-24-29-38-49(53)58-46(33-14-9-4)34-15-10-5/h44-47,50H,6-43H2,1-5H3. The minimum Gasteiger partial charge on any atom is -0.462 e. The van der Waals surface area contributed by atoms with Crippen molar-refractivity contribution in [3.05, 3.63) is 0 Å². The van der Waals surface area contributed by atoms with Gasteiger partial charge in [-0.25, -0.2) is 0 Å². The molecule has 1 aliphatic rings. The summed E-state index contributed by atoms with van der Waals surface area (Å²) >= 11 is 1.87. The maximum atomic E-state index is 13.8. The molecule has 9 heteroatoms. The van der Waals surface area contributed by atoms with Gasteiger partial charge in [0.25, 0.3) is 0 Å². The number of carbonyl (C=O) groups is 3. The Morgan fingerprint density at radius 1 is 0.467 bits per heavy atom. The van der Waals surface area contributed by atoms with E-state index in [1.54, 1.807) is 0 Å². The third kappa shape index (κ3) is 33.3. The molecule has 1 atom stereocenters. The van der Waals surface area contributed by atoms with Gasteiger partial charge in [0.1, 0.15) is 18.3 Å². The molecule has 1 heterocycles. The smallest absolute Gasteiger partial charge is 0.310 e. The minimum atomic E-state index is -0.318. The van der Waals surface area contributed by atoms with Crippen LogP contribution in [0.25, 0.3) is 0 Å². The molecule has 0 spiro atoms.